The number of hydrogen-bond donors (Lipinski definition) is 1. The van der Waals surface area contributed by atoms with Crippen LogP contribution in [-0.2, 0) is 4.79 Å². The van der Waals surface area contributed by atoms with E-state index in [1.165, 1.54) is 0 Å². The molecule has 2 atom stereocenters. The van der Waals surface area contributed by atoms with Gasteiger partial charge in [-0.15, -0.1) is 0 Å². The normalized spacial score (nSPS) is 20.8. The summed E-state index contributed by atoms with van der Waals surface area (Å²) in [6.07, 6.45) is 0. The van der Waals surface area contributed by atoms with E-state index in [-0.39, 0.29) is 11.9 Å². The zero-order chi connectivity index (χ0) is 17.7. The molecule has 1 aromatic rings. The van der Waals surface area contributed by atoms with E-state index < -0.39 is 0 Å². The SMILES string of the molecule is COc1ccc([C@@H](NC(=O)CN2CCN(C)C[C@H]2C)C(C)C)cc1. The van der Waals surface area contributed by atoms with E-state index in [1.54, 1.807) is 7.11 Å². The van der Waals surface area contributed by atoms with Crippen molar-refractivity contribution in [2.75, 3.05) is 40.3 Å². The summed E-state index contributed by atoms with van der Waals surface area (Å²) in [5, 5.41) is 3.21. The average molecular weight is 333 g/mol. The third-order valence-electron chi connectivity index (χ3n) is 4.77. The van der Waals surface area contributed by atoms with E-state index in [9.17, 15) is 4.79 Å². The van der Waals surface area contributed by atoms with Crippen LogP contribution in [0.2, 0.25) is 0 Å². The van der Waals surface area contributed by atoms with Gasteiger partial charge in [-0.25, -0.2) is 0 Å². The van der Waals surface area contributed by atoms with Crippen LogP contribution in [0.25, 0.3) is 0 Å². The number of nitrogens with one attached hydrogen (secondary N) is 1. The van der Waals surface area contributed by atoms with E-state index in [1.807, 2.05) is 24.3 Å². The summed E-state index contributed by atoms with van der Waals surface area (Å²) in [6.45, 7) is 9.89. The lowest BCUT2D eigenvalue weighted by atomic mass is 9.96. The maximum absolute atomic E-state index is 12.6. The van der Waals surface area contributed by atoms with Crippen LogP contribution in [0.15, 0.2) is 24.3 Å². The van der Waals surface area contributed by atoms with Gasteiger partial charge in [0, 0.05) is 25.7 Å². The summed E-state index contributed by atoms with van der Waals surface area (Å²) in [7, 11) is 3.79. The number of methoxy groups -OCH3 is 1. The molecule has 1 saturated heterocycles. The summed E-state index contributed by atoms with van der Waals surface area (Å²) >= 11 is 0. The zero-order valence-electron chi connectivity index (χ0n) is 15.6. The number of carbonyl (C=O) groups is 1. The lowest BCUT2D eigenvalue weighted by Gasteiger charge is -2.38. The van der Waals surface area contributed by atoms with Gasteiger partial charge in [-0.3, -0.25) is 9.69 Å². The van der Waals surface area contributed by atoms with E-state index in [4.69, 9.17) is 4.74 Å². The number of ether oxygens (including phenoxy) is 1. The van der Waals surface area contributed by atoms with Crippen LogP contribution in [0.1, 0.15) is 32.4 Å². The molecule has 0 aliphatic carbocycles. The Balaban J connectivity index is 1.98. The molecular formula is C19H31N3O2. The Morgan fingerprint density at radius 2 is 1.96 bits per heavy atom. The molecule has 0 aromatic heterocycles. The fraction of sp³-hybridized carbons (Fsp3) is 0.632. The second-order valence-electron chi connectivity index (χ2n) is 7.14. The van der Waals surface area contributed by atoms with E-state index in [2.05, 4.69) is 42.9 Å². The second kappa shape index (κ2) is 8.49. The van der Waals surface area contributed by atoms with Crippen LogP contribution < -0.4 is 10.1 Å². The van der Waals surface area contributed by atoms with Crippen molar-refractivity contribution in [2.24, 2.45) is 5.92 Å². The Kier molecular flexibility index (Phi) is 6.63. The number of likely N-dealkylation sites (N-methyl/N-ethyl adjacent to an activating group) is 1. The van der Waals surface area contributed by atoms with Crippen LogP contribution in [-0.4, -0.2) is 62.1 Å². The van der Waals surface area contributed by atoms with Crippen molar-refractivity contribution in [3.63, 3.8) is 0 Å². The first-order valence-corrected chi connectivity index (χ1v) is 8.76. The van der Waals surface area contributed by atoms with Crippen LogP contribution >= 0.6 is 0 Å². The van der Waals surface area contributed by atoms with Gasteiger partial charge in [-0.1, -0.05) is 26.0 Å². The van der Waals surface area contributed by atoms with Crippen LogP contribution in [0, 0.1) is 5.92 Å². The Hall–Kier alpha value is -1.59. The monoisotopic (exact) mass is 333 g/mol. The molecule has 1 aromatic carbocycles. The molecule has 0 spiro atoms. The molecule has 134 valence electrons. The predicted molar refractivity (Wildman–Crippen MR) is 97.2 cm³/mol. The summed E-state index contributed by atoms with van der Waals surface area (Å²) < 4.78 is 5.21. The largest absolute Gasteiger partial charge is 0.497 e. The van der Waals surface area contributed by atoms with Crippen molar-refractivity contribution in [2.45, 2.75) is 32.9 Å². The molecule has 24 heavy (non-hydrogen) atoms. The van der Waals surface area contributed by atoms with Gasteiger partial charge in [0.2, 0.25) is 5.91 Å². The molecule has 1 aliphatic heterocycles. The van der Waals surface area contributed by atoms with Gasteiger partial charge in [0.15, 0.2) is 0 Å². The molecule has 0 bridgehead atoms. The van der Waals surface area contributed by atoms with E-state index in [0.29, 0.717) is 18.5 Å². The van der Waals surface area contributed by atoms with Crippen LogP contribution in [0.3, 0.4) is 0 Å². The predicted octanol–water partition coefficient (Wildman–Crippen LogP) is 2.14. The number of rotatable bonds is 6. The highest BCUT2D eigenvalue weighted by Gasteiger charge is 2.25. The fourth-order valence-corrected chi connectivity index (χ4v) is 3.26. The first-order valence-electron chi connectivity index (χ1n) is 8.76. The Morgan fingerprint density at radius 1 is 1.29 bits per heavy atom. The van der Waals surface area contributed by atoms with Crippen molar-refractivity contribution >= 4 is 5.91 Å². The number of amides is 1. The topological polar surface area (TPSA) is 44.8 Å². The van der Waals surface area contributed by atoms with Crippen molar-refractivity contribution in [1.82, 2.24) is 15.1 Å². The molecule has 5 nitrogen and oxygen atoms in total. The van der Waals surface area contributed by atoms with Crippen molar-refractivity contribution in [3.05, 3.63) is 29.8 Å². The zero-order valence-corrected chi connectivity index (χ0v) is 15.6. The highest BCUT2D eigenvalue weighted by molar-refractivity contribution is 5.78. The summed E-state index contributed by atoms with van der Waals surface area (Å²) in [6, 6.07) is 8.38. The second-order valence-corrected chi connectivity index (χ2v) is 7.14. The molecule has 1 heterocycles. The summed E-state index contributed by atoms with van der Waals surface area (Å²) in [5.74, 6) is 1.26. The van der Waals surface area contributed by atoms with Crippen LogP contribution in [0.4, 0.5) is 0 Å². The average Bonchev–Trinajstić information content (AvgIpc) is 2.55. The third kappa shape index (κ3) is 4.95. The maximum atomic E-state index is 12.6. The first kappa shape index (κ1) is 18.7. The molecule has 1 N–H and O–H groups in total. The van der Waals surface area contributed by atoms with Crippen molar-refractivity contribution in [3.8, 4) is 5.75 Å². The minimum atomic E-state index is 0.0196. The van der Waals surface area contributed by atoms with Gasteiger partial charge in [0.25, 0.3) is 0 Å². The standard InChI is InChI=1S/C19H31N3O2/c1-14(2)19(16-6-8-17(24-5)9-7-16)20-18(23)13-22-11-10-21(4)12-15(22)3/h6-9,14-15,19H,10-13H2,1-5H3,(H,20,23)/t15-,19+/m1/s1. The van der Waals surface area contributed by atoms with Gasteiger partial charge < -0.3 is 15.0 Å². The van der Waals surface area contributed by atoms with E-state index in [0.717, 1.165) is 30.9 Å². The fourth-order valence-electron chi connectivity index (χ4n) is 3.26. The number of carbonyl (C=O) groups excluding carboxylic acids is 1. The minimum Gasteiger partial charge on any atom is -0.497 e. The maximum Gasteiger partial charge on any atom is 0.234 e. The number of nitrogens with zero attached hydrogens (tertiary/aromatic N) is 2. The van der Waals surface area contributed by atoms with Gasteiger partial charge in [0.1, 0.15) is 5.75 Å². The van der Waals surface area contributed by atoms with Gasteiger partial charge >= 0.3 is 0 Å². The van der Waals surface area contributed by atoms with Crippen LogP contribution in [0.5, 0.6) is 5.75 Å². The minimum absolute atomic E-state index is 0.0196. The number of benzene rings is 1. The molecule has 1 amide bonds. The van der Waals surface area contributed by atoms with Crippen molar-refractivity contribution in [1.29, 1.82) is 0 Å². The Bertz CT molecular complexity index is 530. The highest BCUT2D eigenvalue weighted by Crippen LogP contribution is 2.24. The smallest absolute Gasteiger partial charge is 0.234 e. The summed E-state index contributed by atoms with van der Waals surface area (Å²) in [5.41, 5.74) is 1.12. The molecule has 0 unspecified atom stereocenters. The molecule has 1 fully saturated rings. The van der Waals surface area contributed by atoms with E-state index >= 15 is 0 Å². The number of piperazine rings is 1. The third-order valence-corrected chi connectivity index (χ3v) is 4.77. The summed E-state index contributed by atoms with van der Waals surface area (Å²) in [4.78, 5) is 17.1. The first-order chi connectivity index (χ1) is 11.4. The molecule has 2 rings (SSSR count). The van der Waals surface area contributed by atoms with Gasteiger partial charge in [-0.05, 0) is 37.6 Å². The Morgan fingerprint density at radius 3 is 2.50 bits per heavy atom. The molecule has 1 aliphatic rings. The Labute approximate surface area is 146 Å². The van der Waals surface area contributed by atoms with Gasteiger partial charge in [0.05, 0.1) is 19.7 Å². The quantitative estimate of drug-likeness (QED) is 0.866. The highest BCUT2D eigenvalue weighted by atomic mass is 16.5. The van der Waals surface area contributed by atoms with Gasteiger partial charge in [-0.2, -0.15) is 0 Å². The van der Waals surface area contributed by atoms with Crippen molar-refractivity contribution < 1.29 is 9.53 Å². The molecule has 5 heteroatoms. The molecular weight excluding hydrogens is 302 g/mol. The molecule has 0 saturated carbocycles. The molecule has 0 radical (unpaired) electrons. The lowest BCUT2D eigenvalue weighted by molar-refractivity contribution is -0.124. The lowest BCUT2D eigenvalue weighted by Crippen LogP contribution is -2.53. The number of hydrogen-bond acceptors (Lipinski definition) is 4.